The summed E-state index contributed by atoms with van der Waals surface area (Å²) in [6.45, 7) is 1.84. The summed E-state index contributed by atoms with van der Waals surface area (Å²) in [4.78, 5) is 38.2. The van der Waals surface area contributed by atoms with Crippen LogP contribution in [0.1, 0.15) is 6.42 Å². The van der Waals surface area contributed by atoms with Crippen LogP contribution in [0, 0.1) is 16.0 Å². The van der Waals surface area contributed by atoms with Gasteiger partial charge in [0.05, 0.1) is 10.6 Å². The molecule has 2 aliphatic rings. The Hall–Kier alpha value is -2.39. The minimum atomic E-state index is -0.540. The van der Waals surface area contributed by atoms with E-state index in [1.807, 2.05) is 7.05 Å². The molecule has 0 bridgehead atoms. The lowest BCUT2D eigenvalue weighted by atomic mass is 10.1. The highest BCUT2D eigenvalue weighted by Crippen LogP contribution is 2.35. The molecule has 2 heterocycles. The summed E-state index contributed by atoms with van der Waals surface area (Å²) >= 11 is 0. The Kier molecular flexibility index (Phi) is 6.38. The quantitative estimate of drug-likeness (QED) is 0.595. The number of carbonyl (C=O) groups excluding carboxylic acids is 2. The standard InChI is InChI=1S/C16H20N4O5.ClH/c1-17-7-11-4-5-18(8-11)15(21)9-19-13-6-12(20(23)24)2-3-14(13)25-10-16(19)22;/h2-3,6,11,17H,4-5,7-10H2,1H3;1H. The van der Waals surface area contributed by atoms with Gasteiger partial charge in [-0.1, -0.05) is 0 Å². The van der Waals surface area contributed by atoms with Crippen LogP contribution in [0.15, 0.2) is 18.2 Å². The van der Waals surface area contributed by atoms with E-state index in [0.29, 0.717) is 24.8 Å². The summed E-state index contributed by atoms with van der Waals surface area (Å²) in [5.41, 5.74) is 0.120. The number of halogens is 1. The van der Waals surface area contributed by atoms with Gasteiger partial charge in [0.2, 0.25) is 5.91 Å². The minimum Gasteiger partial charge on any atom is -0.482 e. The Morgan fingerprint density at radius 2 is 2.23 bits per heavy atom. The van der Waals surface area contributed by atoms with E-state index in [2.05, 4.69) is 5.32 Å². The first-order valence-electron chi connectivity index (χ1n) is 8.13. The molecule has 1 unspecified atom stereocenters. The molecule has 0 radical (unpaired) electrons. The van der Waals surface area contributed by atoms with Crippen LogP contribution in [0.25, 0.3) is 0 Å². The molecule has 0 spiro atoms. The van der Waals surface area contributed by atoms with Crippen molar-refractivity contribution in [3.05, 3.63) is 28.3 Å². The van der Waals surface area contributed by atoms with Gasteiger partial charge in [-0.05, 0) is 32.0 Å². The van der Waals surface area contributed by atoms with Crippen LogP contribution in [0.5, 0.6) is 5.75 Å². The maximum Gasteiger partial charge on any atom is 0.271 e. The van der Waals surface area contributed by atoms with Crippen LogP contribution in [-0.2, 0) is 9.59 Å². The van der Waals surface area contributed by atoms with Crippen molar-refractivity contribution in [2.24, 2.45) is 5.92 Å². The Morgan fingerprint density at radius 3 is 2.92 bits per heavy atom. The maximum atomic E-state index is 12.6. The number of ether oxygens (including phenoxy) is 1. The van der Waals surface area contributed by atoms with Crippen LogP contribution in [0.3, 0.4) is 0 Å². The van der Waals surface area contributed by atoms with Gasteiger partial charge in [0.1, 0.15) is 12.3 Å². The van der Waals surface area contributed by atoms with Gasteiger partial charge in [-0.25, -0.2) is 0 Å². The fourth-order valence-electron chi connectivity index (χ4n) is 3.23. The molecule has 9 nitrogen and oxygen atoms in total. The number of anilines is 1. The number of amides is 2. The molecule has 1 N–H and O–H groups in total. The fraction of sp³-hybridized carbons (Fsp3) is 0.500. The van der Waals surface area contributed by atoms with E-state index in [-0.39, 0.29) is 48.7 Å². The third-order valence-corrected chi connectivity index (χ3v) is 4.52. The zero-order valence-electron chi connectivity index (χ0n) is 14.3. The highest BCUT2D eigenvalue weighted by atomic mass is 35.5. The summed E-state index contributed by atoms with van der Waals surface area (Å²) in [6, 6.07) is 4.04. The number of likely N-dealkylation sites (tertiary alicyclic amines) is 1. The number of carbonyl (C=O) groups is 2. The number of fused-ring (bicyclic) bond motifs is 1. The largest absolute Gasteiger partial charge is 0.482 e. The average Bonchev–Trinajstić information content (AvgIpc) is 3.06. The summed E-state index contributed by atoms with van der Waals surface area (Å²) in [5.74, 6) is 0.230. The number of rotatable bonds is 5. The molecule has 2 amide bonds. The lowest BCUT2D eigenvalue weighted by Crippen LogP contribution is -2.46. The predicted molar refractivity (Wildman–Crippen MR) is 96.8 cm³/mol. The predicted octanol–water partition coefficient (Wildman–Crippen LogP) is 0.810. The first kappa shape index (κ1) is 19.9. The number of nitro benzene ring substituents is 1. The molecule has 2 aliphatic heterocycles. The van der Waals surface area contributed by atoms with E-state index in [1.165, 1.54) is 23.1 Å². The summed E-state index contributed by atoms with van der Waals surface area (Å²) in [5, 5.41) is 14.1. The first-order chi connectivity index (χ1) is 12.0. The van der Waals surface area contributed by atoms with Crippen molar-refractivity contribution in [3.8, 4) is 5.75 Å². The third-order valence-electron chi connectivity index (χ3n) is 4.52. The summed E-state index contributed by atoms with van der Waals surface area (Å²) in [6.07, 6.45) is 0.922. The number of nitro groups is 1. The molecule has 10 heteroatoms. The van der Waals surface area contributed by atoms with Crippen LogP contribution >= 0.6 is 12.4 Å². The molecule has 0 aromatic heterocycles. The molecular weight excluding hydrogens is 364 g/mol. The smallest absolute Gasteiger partial charge is 0.271 e. The van der Waals surface area contributed by atoms with Crippen LogP contribution < -0.4 is 15.0 Å². The Morgan fingerprint density at radius 1 is 1.46 bits per heavy atom. The fourth-order valence-corrected chi connectivity index (χ4v) is 3.23. The monoisotopic (exact) mass is 384 g/mol. The lowest BCUT2D eigenvalue weighted by molar-refractivity contribution is -0.384. The van der Waals surface area contributed by atoms with Gasteiger partial charge in [0.15, 0.2) is 6.61 Å². The highest BCUT2D eigenvalue weighted by Gasteiger charge is 2.32. The van der Waals surface area contributed by atoms with Crippen molar-refractivity contribution in [1.29, 1.82) is 0 Å². The van der Waals surface area contributed by atoms with Crippen LogP contribution in [0.2, 0.25) is 0 Å². The Bertz CT molecular complexity index is 714. The molecule has 1 fully saturated rings. The Labute approximate surface area is 156 Å². The molecule has 0 aliphatic carbocycles. The van der Waals surface area contributed by atoms with Gasteiger partial charge in [-0.15, -0.1) is 12.4 Å². The molecule has 1 saturated heterocycles. The highest BCUT2D eigenvalue weighted by molar-refractivity contribution is 6.02. The number of nitrogens with zero attached hydrogens (tertiary/aromatic N) is 3. The SMILES string of the molecule is CNCC1CCN(C(=O)CN2C(=O)COc3ccc([N+](=O)[O-])cc32)C1.Cl. The average molecular weight is 385 g/mol. The number of non-ortho nitro benzene ring substituents is 1. The van der Waals surface area contributed by atoms with Crippen molar-refractivity contribution >= 4 is 35.6 Å². The van der Waals surface area contributed by atoms with E-state index < -0.39 is 4.92 Å². The minimum absolute atomic E-state index is 0. The van der Waals surface area contributed by atoms with Crippen molar-refractivity contribution < 1.29 is 19.2 Å². The van der Waals surface area contributed by atoms with E-state index in [1.54, 1.807) is 4.90 Å². The van der Waals surface area contributed by atoms with Gasteiger partial charge in [0, 0.05) is 25.2 Å². The van der Waals surface area contributed by atoms with Crippen molar-refractivity contribution in [1.82, 2.24) is 10.2 Å². The van der Waals surface area contributed by atoms with Crippen molar-refractivity contribution in [2.45, 2.75) is 6.42 Å². The van der Waals surface area contributed by atoms with E-state index in [9.17, 15) is 19.7 Å². The second kappa shape index (κ2) is 8.33. The molecule has 1 aromatic carbocycles. The van der Waals surface area contributed by atoms with Gasteiger partial charge in [-0.3, -0.25) is 24.6 Å². The third kappa shape index (κ3) is 4.05. The topological polar surface area (TPSA) is 105 Å². The zero-order chi connectivity index (χ0) is 18.0. The van der Waals surface area contributed by atoms with Crippen molar-refractivity contribution in [3.63, 3.8) is 0 Å². The van der Waals surface area contributed by atoms with Crippen molar-refractivity contribution in [2.75, 3.05) is 44.7 Å². The van der Waals surface area contributed by atoms with Gasteiger partial charge in [0.25, 0.3) is 11.6 Å². The lowest BCUT2D eigenvalue weighted by Gasteiger charge is -2.30. The molecular formula is C16H21ClN4O5. The molecule has 142 valence electrons. The molecule has 0 saturated carbocycles. The van der Waals surface area contributed by atoms with Crippen LogP contribution in [-0.4, -0.2) is 61.5 Å². The zero-order valence-corrected chi connectivity index (χ0v) is 15.2. The number of hydrogen-bond donors (Lipinski definition) is 1. The number of hydrogen-bond acceptors (Lipinski definition) is 6. The van der Waals surface area contributed by atoms with Gasteiger partial charge < -0.3 is 15.0 Å². The first-order valence-corrected chi connectivity index (χ1v) is 8.13. The Balaban J connectivity index is 0.00000243. The van der Waals surface area contributed by atoms with E-state index >= 15 is 0 Å². The molecule has 1 aromatic rings. The van der Waals surface area contributed by atoms with Gasteiger partial charge in [-0.2, -0.15) is 0 Å². The number of benzene rings is 1. The maximum absolute atomic E-state index is 12.6. The second-order valence-corrected chi connectivity index (χ2v) is 6.23. The molecule has 26 heavy (non-hydrogen) atoms. The normalized spacial score (nSPS) is 18.8. The van der Waals surface area contributed by atoms with E-state index in [4.69, 9.17) is 4.74 Å². The molecule has 3 rings (SSSR count). The van der Waals surface area contributed by atoms with Crippen LogP contribution in [0.4, 0.5) is 11.4 Å². The second-order valence-electron chi connectivity index (χ2n) is 6.23. The summed E-state index contributed by atoms with van der Waals surface area (Å²) < 4.78 is 5.31. The van der Waals surface area contributed by atoms with Gasteiger partial charge >= 0.3 is 0 Å². The molecule has 1 atom stereocenters. The van der Waals surface area contributed by atoms with E-state index in [0.717, 1.165) is 13.0 Å². The number of nitrogens with one attached hydrogen (secondary N) is 1. The summed E-state index contributed by atoms with van der Waals surface area (Å²) in [7, 11) is 1.88.